The SMILES string of the molecule is Cc1ccc(=O)n(C2CN(c3ncc(O[C@@H](C)C4CCN(c5ncc(Cl)cn5)CC4)cn3)C[C@@H]2N)c1. The molecule has 190 valence electrons. The van der Waals surface area contributed by atoms with Crippen LogP contribution >= 0.6 is 11.6 Å². The van der Waals surface area contributed by atoms with Gasteiger partial charge in [0.1, 0.15) is 0 Å². The standard InChI is InChI=1S/C25H31ClN8O2/c1-16-3-4-23(35)34(13-16)22-15-33(14-21(22)27)25-30-11-20(12-31-25)36-17(2)18-5-7-32(8-6-18)24-28-9-19(26)10-29-24/h3-4,9-13,17-18,21-22H,5-8,14-15,27H2,1-2H3/t17-,21-,22?/m0/s1. The molecular formula is C25H31ClN8O2. The Hall–Kier alpha value is -3.24. The minimum atomic E-state index is -0.187. The van der Waals surface area contributed by atoms with Crippen LogP contribution in [0, 0.1) is 12.8 Å². The van der Waals surface area contributed by atoms with E-state index in [9.17, 15) is 4.79 Å². The Morgan fingerprint density at radius 3 is 2.33 bits per heavy atom. The fourth-order valence-corrected chi connectivity index (χ4v) is 5.12. The van der Waals surface area contributed by atoms with Gasteiger partial charge in [0.25, 0.3) is 5.56 Å². The molecule has 2 aliphatic heterocycles. The summed E-state index contributed by atoms with van der Waals surface area (Å²) in [7, 11) is 0. The average Bonchev–Trinajstić information content (AvgIpc) is 3.27. The zero-order chi connectivity index (χ0) is 25.2. The van der Waals surface area contributed by atoms with E-state index < -0.39 is 0 Å². The van der Waals surface area contributed by atoms with Crippen molar-refractivity contribution in [3.05, 3.63) is 64.1 Å². The number of hydrogen-bond donors (Lipinski definition) is 1. The molecule has 5 rings (SSSR count). The summed E-state index contributed by atoms with van der Waals surface area (Å²) in [6.07, 6.45) is 10.6. The van der Waals surface area contributed by atoms with Crippen LogP contribution in [0.5, 0.6) is 5.75 Å². The van der Waals surface area contributed by atoms with E-state index in [4.69, 9.17) is 22.1 Å². The van der Waals surface area contributed by atoms with Crippen molar-refractivity contribution in [1.29, 1.82) is 0 Å². The van der Waals surface area contributed by atoms with E-state index in [1.54, 1.807) is 35.4 Å². The third kappa shape index (κ3) is 5.29. The number of piperidine rings is 1. The minimum Gasteiger partial charge on any atom is -0.487 e. The van der Waals surface area contributed by atoms with E-state index in [0.717, 1.165) is 31.5 Å². The van der Waals surface area contributed by atoms with Gasteiger partial charge < -0.3 is 24.8 Å². The molecule has 0 amide bonds. The quantitative estimate of drug-likeness (QED) is 0.533. The molecule has 2 aliphatic rings. The first-order valence-corrected chi connectivity index (χ1v) is 12.7. The van der Waals surface area contributed by atoms with Crippen molar-refractivity contribution >= 4 is 23.5 Å². The molecule has 2 saturated heterocycles. The normalized spacial score (nSPS) is 21.6. The summed E-state index contributed by atoms with van der Waals surface area (Å²) < 4.78 is 7.91. The van der Waals surface area contributed by atoms with Crippen LogP contribution in [0.25, 0.3) is 0 Å². The predicted molar refractivity (Wildman–Crippen MR) is 139 cm³/mol. The number of ether oxygens (including phenoxy) is 1. The average molecular weight is 511 g/mol. The highest BCUT2D eigenvalue weighted by Gasteiger charge is 2.33. The molecule has 0 aromatic carbocycles. The lowest BCUT2D eigenvalue weighted by Crippen LogP contribution is -2.39. The highest BCUT2D eigenvalue weighted by atomic mass is 35.5. The van der Waals surface area contributed by atoms with Crippen molar-refractivity contribution in [2.75, 3.05) is 36.0 Å². The van der Waals surface area contributed by atoms with Crippen LogP contribution in [0.3, 0.4) is 0 Å². The maximum absolute atomic E-state index is 12.4. The predicted octanol–water partition coefficient (Wildman–Crippen LogP) is 2.46. The Bertz CT molecular complexity index is 1230. The fraction of sp³-hybridized carbons (Fsp3) is 0.480. The molecule has 36 heavy (non-hydrogen) atoms. The molecule has 0 saturated carbocycles. The molecule has 11 heteroatoms. The maximum Gasteiger partial charge on any atom is 0.250 e. The minimum absolute atomic E-state index is 0.0329. The Morgan fingerprint density at radius 1 is 1.00 bits per heavy atom. The van der Waals surface area contributed by atoms with Crippen LogP contribution in [0.2, 0.25) is 5.02 Å². The highest BCUT2D eigenvalue weighted by Crippen LogP contribution is 2.27. The van der Waals surface area contributed by atoms with Gasteiger partial charge in [0, 0.05) is 44.5 Å². The van der Waals surface area contributed by atoms with Crippen LogP contribution in [0.15, 0.2) is 47.9 Å². The van der Waals surface area contributed by atoms with Gasteiger partial charge in [-0.2, -0.15) is 0 Å². The molecule has 3 aromatic heterocycles. The number of nitrogens with zero attached hydrogens (tertiary/aromatic N) is 7. The second-order valence-electron chi connectivity index (χ2n) is 9.66. The number of aromatic nitrogens is 5. The summed E-state index contributed by atoms with van der Waals surface area (Å²) >= 11 is 5.90. The fourth-order valence-electron chi connectivity index (χ4n) is 5.03. The van der Waals surface area contributed by atoms with Crippen molar-refractivity contribution < 1.29 is 4.74 Å². The summed E-state index contributed by atoms with van der Waals surface area (Å²) in [5, 5.41) is 0.540. The molecule has 3 atom stereocenters. The Morgan fingerprint density at radius 2 is 1.64 bits per heavy atom. The molecule has 2 fully saturated rings. The first-order valence-electron chi connectivity index (χ1n) is 12.3. The second kappa shape index (κ2) is 10.4. The van der Waals surface area contributed by atoms with Crippen molar-refractivity contribution in [1.82, 2.24) is 24.5 Å². The topological polar surface area (TPSA) is 115 Å². The molecular weight excluding hydrogens is 480 g/mol. The summed E-state index contributed by atoms with van der Waals surface area (Å²) in [6.45, 7) is 6.96. The first kappa shape index (κ1) is 24.5. The van der Waals surface area contributed by atoms with E-state index in [1.165, 1.54) is 0 Å². The lowest BCUT2D eigenvalue weighted by Gasteiger charge is -2.34. The van der Waals surface area contributed by atoms with Gasteiger partial charge in [0.2, 0.25) is 11.9 Å². The van der Waals surface area contributed by atoms with Gasteiger partial charge in [0.05, 0.1) is 42.0 Å². The third-order valence-electron chi connectivity index (χ3n) is 7.09. The van der Waals surface area contributed by atoms with Crippen LogP contribution in [-0.4, -0.2) is 62.8 Å². The highest BCUT2D eigenvalue weighted by molar-refractivity contribution is 6.30. The first-order chi connectivity index (χ1) is 17.4. The molecule has 0 spiro atoms. The largest absolute Gasteiger partial charge is 0.487 e. The second-order valence-corrected chi connectivity index (χ2v) is 10.1. The zero-order valence-electron chi connectivity index (χ0n) is 20.5. The third-order valence-corrected chi connectivity index (χ3v) is 7.28. The van der Waals surface area contributed by atoms with E-state index in [0.29, 0.717) is 41.7 Å². The summed E-state index contributed by atoms with van der Waals surface area (Å²) in [5.74, 6) is 2.36. The molecule has 5 heterocycles. The molecule has 2 N–H and O–H groups in total. The number of halogens is 1. The monoisotopic (exact) mass is 510 g/mol. The summed E-state index contributed by atoms with van der Waals surface area (Å²) in [4.78, 5) is 34.3. The number of hydrogen-bond acceptors (Lipinski definition) is 9. The van der Waals surface area contributed by atoms with Gasteiger partial charge in [-0.1, -0.05) is 17.7 Å². The van der Waals surface area contributed by atoms with E-state index in [2.05, 4.69) is 31.8 Å². The number of anilines is 2. The molecule has 10 nitrogen and oxygen atoms in total. The molecule has 0 aliphatic carbocycles. The van der Waals surface area contributed by atoms with Gasteiger partial charge >= 0.3 is 0 Å². The Kier molecular flexibility index (Phi) is 7.06. The Labute approximate surface area is 215 Å². The van der Waals surface area contributed by atoms with Crippen molar-refractivity contribution in [2.24, 2.45) is 11.7 Å². The Balaban J connectivity index is 1.16. The van der Waals surface area contributed by atoms with Crippen molar-refractivity contribution in [3.63, 3.8) is 0 Å². The van der Waals surface area contributed by atoms with Crippen LogP contribution in [0.4, 0.5) is 11.9 Å². The van der Waals surface area contributed by atoms with Crippen LogP contribution in [-0.2, 0) is 0 Å². The number of rotatable bonds is 6. The van der Waals surface area contributed by atoms with Crippen LogP contribution in [0.1, 0.15) is 31.4 Å². The van der Waals surface area contributed by atoms with E-state index in [-0.39, 0.29) is 23.7 Å². The van der Waals surface area contributed by atoms with Crippen molar-refractivity contribution in [2.45, 2.75) is 44.9 Å². The van der Waals surface area contributed by atoms with E-state index >= 15 is 0 Å². The van der Waals surface area contributed by atoms with Gasteiger partial charge in [0.15, 0.2) is 5.75 Å². The lowest BCUT2D eigenvalue weighted by atomic mass is 9.92. The maximum atomic E-state index is 12.4. The lowest BCUT2D eigenvalue weighted by molar-refractivity contribution is 0.132. The molecule has 3 aromatic rings. The van der Waals surface area contributed by atoms with Gasteiger partial charge in [-0.15, -0.1) is 0 Å². The molecule has 0 radical (unpaired) electrons. The number of aryl methyl sites for hydroxylation is 1. The van der Waals surface area contributed by atoms with Gasteiger partial charge in [-0.3, -0.25) is 4.79 Å². The smallest absolute Gasteiger partial charge is 0.250 e. The molecule has 1 unspecified atom stereocenters. The number of pyridine rings is 1. The summed E-state index contributed by atoms with van der Waals surface area (Å²) in [5.41, 5.74) is 7.37. The van der Waals surface area contributed by atoms with Gasteiger partial charge in [-0.05, 0) is 38.2 Å². The van der Waals surface area contributed by atoms with E-state index in [1.807, 2.05) is 24.1 Å². The molecule has 0 bridgehead atoms. The van der Waals surface area contributed by atoms with Crippen molar-refractivity contribution in [3.8, 4) is 5.75 Å². The number of nitrogens with two attached hydrogens (primary N) is 1. The summed E-state index contributed by atoms with van der Waals surface area (Å²) in [6, 6.07) is 3.09. The van der Waals surface area contributed by atoms with Gasteiger partial charge in [-0.25, -0.2) is 19.9 Å². The zero-order valence-corrected chi connectivity index (χ0v) is 21.3. The van der Waals surface area contributed by atoms with Crippen LogP contribution < -0.4 is 25.8 Å².